The van der Waals surface area contributed by atoms with Crippen LogP contribution in [-0.2, 0) is 4.74 Å². The van der Waals surface area contributed by atoms with Crippen LogP contribution in [0, 0.1) is 13.8 Å². The fourth-order valence-electron chi connectivity index (χ4n) is 2.15. The highest BCUT2D eigenvalue weighted by molar-refractivity contribution is 6.31. The van der Waals surface area contributed by atoms with Crippen LogP contribution in [-0.4, -0.2) is 35.9 Å². The van der Waals surface area contributed by atoms with Gasteiger partial charge in [0.1, 0.15) is 0 Å². The zero-order valence-electron chi connectivity index (χ0n) is 13.0. The largest absolute Gasteiger partial charge is 0.385 e. The summed E-state index contributed by atoms with van der Waals surface area (Å²) in [5, 5.41) is 7.92. The van der Waals surface area contributed by atoms with Crippen LogP contribution in [0.1, 0.15) is 28.2 Å². The van der Waals surface area contributed by atoms with Gasteiger partial charge in [0.15, 0.2) is 0 Å². The smallest absolute Gasteiger partial charge is 0.251 e. The number of hydrogen-bond donors (Lipinski definition) is 1. The molecule has 1 N–H and O–H groups in total. The lowest BCUT2D eigenvalue weighted by Gasteiger charge is -2.07. The maximum atomic E-state index is 12.0. The third-order valence-electron chi connectivity index (χ3n) is 3.39. The van der Waals surface area contributed by atoms with Gasteiger partial charge < -0.3 is 10.1 Å². The third kappa shape index (κ3) is 3.67. The van der Waals surface area contributed by atoms with E-state index in [4.69, 9.17) is 16.3 Å². The minimum absolute atomic E-state index is 0.0888. The molecule has 0 saturated carbocycles. The zero-order chi connectivity index (χ0) is 16.1. The number of benzene rings is 1. The van der Waals surface area contributed by atoms with Crippen LogP contribution in [0.4, 0.5) is 0 Å². The van der Waals surface area contributed by atoms with Crippen molar-refractivity contribution < 1.29 is 9.53 Å². The Morgan fingerprint density at radius 1 is 1.32 bits per heavy atom. The summed E-state index contributed by atoms with van der Waals surface area (Å²) < 4.78 is 6.72. The Labute approximate surface area is 135 Å². The predicted octanol–water partition coefficient (Wildman–Crippen LogP) is 2.91. The van der Waals surface area contributed by atoms with E-state index >= 15 is 0 Å². The monoisotopic (exact) mass is 321 g/mol. The number of aromatic nitrogens is 2. The second-order valence-corrected chi connectivity index (χ2v) is 5.42. The van der Waals surface area contributed by atoms with E-state index in [2.05, 4.69) is 10.4 Å². The Morgan fingerprint density at radius 2 is 2.00 bits per heavy atom. The number of methoxy groups -OCH3 is 1. The molecule has 0 fully saturated rings. The molecule has 0 aliphatic rings. The van der Waals surface area contributed by atoms with E-state index in [0.717, 1.165) is 23.5 Å². The van der Waals surface area contributed by atoms with Gasteiger partial charge in [0, 0.05) is 25.8 Å². The fourth-order valence-corrected chi connectivity index (χ4v) is 2.27. The first-order valence-electron chi connectivity index (χ1n) is 7.14. The molecule has 6 heteroatoms. The van der Waals surface area contributed by atoms with Crippen molar-refractivity contribution in [1.29, 1.82) is 0 Å². The molecule has 0 spiro atoms. The Morgan fingerprint density at radius 3 is 2.55 bits per heavy atom. The van der Waals surface area contributed by atoms with Crippen molar-refractivity contribution in [2.24, 2.45) is 0 Å². The molecule has 2 aromatic rings. The van der Waals surface area contributed by atoms with Crippen LogP contribution in [0.25, 0.3) is 5.69 Å². The Balaban J connectivity index is 2.07. The van der Waals surface area contributed by atoms with Crippen molar-refractivity contribution in [3.63, 3.8) is 0 Å². The maximum absolute atomic E-state index is 12.0. The molecule has 0 bridgehead atoms. The topological polar surface area (TPSA) is 56.1 Å². The summed E-state index contributed by atoms with van der Waals surface area (Å²) in [4.78, 5) is 12.0. The lowest BCUT2D eigenvalue weighted by atomic mass is 10.2. The molecule has 0 unspecified atom stereocenters. The normalized spacial score (nSPS) is 10.7. The van der Waals surface area contributed by atoms with Gasteiger partial charge in [-0.25, -0.2) is 4.68 Å². The number of amides is 1. The summed E-state index contributed by atoms with van der Waals surface area (Å²) in [6.45, 7) is 5.02. The second-order valence-electron chi connectivity index (χ2n) is 5.05. The molecule has 118 valence electrons. The molecular weight excluding hydrogens is 302 g/mol. The van der Waals surface area contributed by atoms with Gasteiger partial charge in [-0.15, -0.1) is 0 Å². The van der Waals surface area contributed by atoms with Gasteiger partial charge in [0.25, 0.3) is 5.91 Å². The van der Waals surface area contributed by atoms with Crippen LogP contribution < -0.4 is 5.32 Å². The van der Waals surface area contributed by atoms with Crippen molar-refractivity contribution in [2.45, 2.75) is 20.3 Å². The number of nitrogens with one attached hydrogen (secondary N) is 1. The molecule has 0 atom stereocenters. The summed E-state index contributed by atoms with van der Waals surface area (Å²) in [7, 11) is 1.64. The van der Waals surface area contributed by atoms with E-state index in [1.807, 2.05) is 26.0 Å². The summed E-state index contributed by atoms with van der Waals surface area (Å²) >= 11 is 6.16. The summed E-state index contributed by atoms with van der Waals surface area (Å²) in [5.41, 5.74) is 3.17. The molecule has 22 heavy (non-hydrogen) atoms. The number of carbonyl (C=O) groups is 1. The second kappa shape index (κ2) is 7.42. The van der Waals surface area contributed by atoms with Gasteiger partial charge in [-0.3, -0.25) is 4.79 Å². The number of carbonyl (C=O) groups excluding carboxylic acids is 1. The number of rotatable bonds is 6. The Kier molecular flexibility index (Phi) is 5.57. The number of hydrogen-bond acceptors (Lipinski definition) is 3. The quantitative estimate of drug-likeness (QED) is 0.832. The summed E-state index contributed by atoms with van der Waals surface area (Å²) in [5.74, 6) is -0.0888. The van der Waals surface area contributed by atoms with E-state index < -0.39 is 0 Å². The zero-order valence-corrected chi connectivity index (χ0v) is 13.8. The van der Waals surface area contributed by atoms with Crippen LogP contribution in [0.5, 0.6) is 0 Å². The van der Waals surface area contributed by atoms with Crippen LogP contribution in [0.2, 0.25) is 5.02 Å². The van der Waals surface area contributed by atoms with Gasteiger partial charge in [0.05, 0.1) is 22.1 Å². The number of ether oxygens (including phenoxy) is 1. The molecule has 5 nitrogen and oxygen atoms in total. The molecule has 0 saturated heterocycles. The van der Waals surface area contributed by atoms with E-state index in [9.17, 15) is 4.79 Å². The molecule has 1 heterocycles. The third-order valence-corrected chi connectivity index (χ3v) is 3.93. The van der Waals surface area contributed by atoms with Crippen molar-refractivity contribution in [3.8, 4) is 5.69 Å². The average Bonchev–Trinajstić information content (AvgIpc) is 2.79. The Hall–Kier alpha value is -1.85. The number of halogens is 1. The molecule has 1 aromatic heterocycles. The van der Waals surface area contributed by atoms with Crippen LogP contribution in [0.15, 0.2) is 24.3 Å². The molecule has 1 aromatic carbocycles. The number of aryl methyl sites for hydroxylation is 1. The van der Waals surface area contributed by atoms with Crippen molar-refractivity contribution in [2.75, 3.05) is 20.3 Å². The highest BCUT2D eigenvalue weighted by Crippen LogP contribution is 2.22. The average molecular weight is 322 g/mol. The first kappa shape index (κ1) is 16.5. The van der Waals surface area contributed by atoms with E-state index in [1.165, 1.54) is 0 Å². The molecule has 2 rings (SSSR count). The van der Waals surface area contributed by atoms with Crippen LogP contribution in [0.3, 0.4) is 0 Å². The maximum Gasteiger partial charge on any atom is 0.251 e. The van der Waals surface area contributed by atoms with E-state index in [0.29, 0.717) is 23.7 Å². The summed E-state index contributed by atoms with van der Waals surface area (Å²) in [6.07, 6.45) is 0.796. The van der Waals surface area contributed by atoms with Crippen LogP contribution >= 0.6 is 11.6 Å². The van der Waals surface area contributed by atoms with Crippen molar-refractivity contribution in [3.05, 3.63) is 46.2 Å². The van der Waals surface area contributed by atoms with Gasteiger partial charge >= 0.3 is 0 Å². The predicted molar refractivity (Wildman–Crippen MR) is 86.9 cm³/mol. The molecule has 1 amide bonds. The fraction of sp³-hybridized carbons (Fsp3) is 0.375. The minimum atomic E-state index is -0.0888. The highest BCUT2D eigenvalue weighted by atomic mass is 35.5. The van der Waals surface area contributed by atoms with E-state index in [1.54, 1.807) is 23.9 Å². The van der Waals surface area contributed by atoms with Gasteiger partial charge in [0.2, 0.25) is 0 Å². The lowest BCUT2D eigenvalue weighted by Crippen LogP contribution is -2.25. The van der Waals surface area contributed by atoms with Gasteiger partial charge in [-0.2, -0.15) is 5.10 Å². The first-order chi connectivity index (χ1) is 10.5. The standard InChI is InChI=1S/C16H20ClN3O2/c1-11-15(17)12(2)20(19-11)14-7-5-13(6-8-14)16(21)18-9-4-10-22-3/h5-8H,4,9-10H2,1-3H3,(H,18,21). The SMILES string of the molecule is COCCCNC(=O)c1ccc(-n2nc(C)c(Cl)c2C)cc1. The molecule has 0 aliphatic carbocycles. The first-order valence-corrected chi connectivity index (χ1v) is 7.51. The minimum Gasteiger partial charge on any atom is -0.385 e. The van der Waals surface area contributed by atoms with E-state index in [-0.39, 0.29) is 5.91 Å². The number of nitrogens with zero attached hydrogens (tertiary/aromatic N) is 2. The van der Waals surface area contributed by atoms with Crippen molar-refractivity contribution in [1.82, 2.24) is 15.1 Å². The summed E-state index contributed by atoms with van der Waals surface area (Å²) in [6, 6.07) is 7.29. The molecular formula is C16H20ClN3O2. The van der Waals surface area contributed by atoms with Gasteiger partial charge in [-0.1, -0.05) is 11.6 Å². The molecule has 0 radical (unpaired) electrons. The van der Waals surface area contributed by atoms with Crippen molar-refractivity contribution >= 4 is 17.5 Å². The highest BCUT2D eigenvalue weighted by Gasteiger charge is 2.11. The van der Waals surface area contributed by atoms with Gasteiger partial charge in [-0.05, 0) is 44.5 Å². The molecule has 0 aliphatic heterocycles. The Bertz CT molecular complexity index is 650. The lowest BCUT2D eigenvalue weighted by molar-refractivity contribution is 0.0948.